The van der Waals surface area contributed by atoms with Gasteiger partial charge < -0.3 is 10.1 Å². The first-order chi connectivity index (χ1) is 10.9. The predicted molar refractivity (Wildman–Crippen MR) is 90.9 cm³/mol. The Hall–Kier alpha value is -2.01. The van der Waals surface area contributed by atoms with Crippen LogP contribution in [0.4, 0.5) is 0 Å². The van der Waals surface area contributed by atoms with Crippen LogP contribution < -0.4 is 10.1 Å². The smallest absolute Gasteiger partial charge is 0.258 e. The van der Waals surface area contributed by atoms with Crippen molar-refractivity contribution in [3.05, 3.63) is 46.2 Å². The molecule has 0 radical (unpaired) electrons. The summed E-state index contributed by atoms with van der Waals surface area (Å²) in [5.74, 6) is 0.489. The molecule has 0 aliphatic heterocycles. The van der Waals surface area contributed by atoms with Gasteiger partial charge in [-0.2, -0.15) is 5.10 Å². The van der Waals surface area contributed by atoms with E-state index in [1.807, 2.05) is 38.6 Å². The van der Waals surface area contributed by atoms with E-state index in [-0.39, 0.29) is 18.6 Å². The maximum Gasteiger partial charge on any atom is 0.258 e. The Balaban J connectivity index is 1.92. The van der Waals surface area contributed by atoms with Gasteiger partial charge in [-0.3, -0.25) is 9.48 Å². The number of carbonyl (C=O) groups is 1. The molecule has 1 aromatic carbocycles. The second kappa shape index (κ2) is 7.51. The van der Waals surface area contributed by atoms with Gasteiger partial charge >= 0.3 is 0 Å². The fourth-order valence-corrected chi connectivity index (χ4v) is 2.63. The molecule has 5 nitrogen and oxygen atoms in total. The maximum atomic E-state index is 12.1. The van der Waals surface area contributed by atoms with Gasteiger partial charge in [0.05, 0.1) is 11.7 Å². The Labute approximate surface area is 141 Å². The van der Waals surface area contributed by atoms with Crippen LogP contribution in [0, 0.1) is 13.8 Å². The third kappa shape index (κ3) is 4.48. The van der Waals surface area contributed by atoms with Crippen molar-refractivity contribution in [2.75, 3.05) is 6.61 Å². The summed E-state index contributed by atoms with van der Waals surface area (Å²) in [4.78, 5) is 12.1. The van der Waals surface area contributed by atoms with Crippen LogP contribution in [0.25, 0.3) is 0 Å². The summed E-state index contributed by atoms with van der Waals surface area (Å²) in [5.41, 5.74) is 2.84. The number of hydrogen-bond donors (Lipinski definition) is 1. The fourth-order valence-electron chi connectivity index (χ4n) is 2.40. The highest BCUT2D eigenvalue weighted by molar-refractivity contribution is 6.30. The molecule has 0 fully saturated rings. The number of nitrogens with zero attached hydrogens (tertiary/aromatic N) is 2. The van der Waals surface area contributed by atoms with Crippen molar-refractivity contribution in [2.24, 2.45) is 0 Å². The Bertz CT molecular complexity index is 697. The summed E-state index contributed by atoms with van der Waals surface area (Å²) >= 11 is 5.90. The number of halogens is 1. The minimum absolute atomic E-state index is 0.0340. The van der Waals surface area contributed by atoms with Crippen molar-refractivity contribution in [2.45, 2.75) is 40.3 Å². The summed E-state index contributed by atoms with van der Waals surface area (Å²) in [5, 5.41) is 7.97. The molecule has 0 saturated carbocycles. The second-order valence-corrected chi connectivity index (χ2v) is 5.95. The maximum absolute atomic E-state index is 12.1. The Morgan fingerprint density at radius 1 is 1.43 bits per heavy atom. The van der Waals surface area contributed by atoms with Crippen LogP contribution in [0.15, 0.2) is 24.4 Å². The Morgan fingerprint density at radius 2 is 2.17 bits per heavy atom. The van der Waals surface area contributed by atoms with Crippen LogP contribution in [0.3, 0.4) is 0 Å². The molecule has 1 aromatic heterocycles. The second-order valence-electron chi connectivity index (χ2n) is 5.51. The molecule has 0 unspecified atom stereocenters. The summed E-state index contributed by atoms with van der Waals surface area (Å²) in [6.07, 6.45) is 1.96. The van der Waals surface area contributed by atoms with Crippen molar-refractivity contribution < 1.29 is 9.53 Å². The lowest BCUT2D eigenvalue weighted by molar-refractivity contribution is -0.123. The van der Waals surface area contributed by atoms with Crippen LogP contribution >= 0.6 is 11.6 Å². The minimum atomic E-state index is -0.171. The van der Waals surface area contributed by atoms with Gasteiger partial charge in [-0.15, -0.1) is 0 Å². The van der Waals surface area contributed by atoms with E-state index in [4.69, 9.17) is 16.3 Å². The van der Waals surface area contributed by atoms with Crippen molar-refractivity contribution in [1.29, 1.82) is 0 Å². The monoisotopic (exact) mass is 335 g/mol. The number of aromatic nitrogens is 2. The highest BCUT2D eigenvalue weighted by Gasteiger charge is 2.15. The van der Waals surface area contributed by atoms with E-state index in [0.717, 1.165) is 23.4 Å². The summed E-state index contributed by atoms with van der Waals surface area (Å²) < 4.78 is 7.42. The van der Waals surface area contributed by atoms with Gasteiger partial charge in [0.15, 0.2) is 6.61 Å². The molecule has 2 aromatic rings. The molecule has 1 heterocycles. The highest BCUT2D eigenvalue weighted by atomic mass is 35.5. The minimum Gasteiger partial charge on any atom is -0.484 e. The number of hydrogen-bond acceptors (Lipinski definition) is 3. The highest BCUT2D eigenvalue weighted by Crippen LogP contribution is 2.22. The zero-order valence-corrected chi connectivity index (χ0v) is 14.6. The standard InChI is InChI=1S/C17H22ClN3O2/c1-5-21-9-15(13(4)20-21)12(3)19-17(22)10-23-16-7-6-14(18)8-11(16)2/h6-9,12H,5,10H2,1-4H3,(H,19,22)/t12-/m0/s1. The van der Waals surface area contributed by atoms with Crippen molar-refractivity contribution in [3.63, 3.8) is 0 Å². The van der Waals surface area contributed by atoms with Crippen molar-refractivity contribution >= 4 is 17.5 Å². The molecule has 6 heteroatoms. The number of amides is 1. The average molecular weight is 336 g/mol. The summed E-state index contributed by atoms with van der Waals surface area (Å²) in [7, 11) is 0. The van der Waals surface area contributed by atoms with Crippen LogP contribution in [0.1, 0.15) is 36.7 Å². The van der Waals surface area contributed by atoms with Crippen molar-refractivity contribution in [3.8, 4) is 5.75 Å². The normalized spacial score (nSPS) is 12.0. The molecule has 1 atom stereocenters. The number of carbonyl (C=O) groups excluding carboxylic acids is 1. The lowest BCUT2D eigenvalue weighted by Crippen LogP contribution is -2.31. The molecule has 2 rings (SSSR count). The van der Waals surface area contributed by atoms with E-state index < -0.39 is 0 Å². The number of benzene rings is 1. The van der Waals surface area contributed by atoms with Gasteiger partial charge in [-0.05, 0) is 51.5 Å². The van der Waals surface area contributed by atoms with Crippen LogP contribution in [-0.4, -0.2) is 22.3 Å². The molecule has 0 saturated heterocycles. The molecule has 0 spiro atoms. The Kier molecular flexibility index (Phi) is 5.66. The van der Waals surface area contributed by atoms with Crippen LogP contribution in [-0.2, 0) is 11.3 Å². The molecule has 23 heavy (non-hydrogen) atoms. The van der Waals surface area contributed by atoms with E-state index in [9.17, 15) is 4.79 Å². The summed E-state index contributed by atoms with van der Waals surface area (Å²) in [6, 6.07) is 5.20. The molecular formula is C17H22ClN3O2. The molecule has 1 amide bonds. The van der Waals surface area contributed by atoms with E-state index in [1.165, 1.54) is 0 Å². The SMILES string of the molecule is CCn1cc([C@H](C)NC(=O)COc2ccc(Cl)cc2C)c(C)n1. The first-order valence-electron chi connectivity index (χ1n) is 7.63. The first-order valence-corrected chi connectivity index (χ1v) is 8.00. The average Bonchev–Trinajstić information content (AvgIpc) is 2.87. The van der Waals surface area contributed by atoms with E-state index in [0.29, 0.717) is 10.8 Å². The first kappa shape index (κ1) is 17.3. The van der Waals surface area contributed by atoms with Crippen LogP contribution in [0.5, 0.6) is 5.75 Å². The van der Waals surface area contributed by atoms with Gasteiger partial charge in [0.2, 0.25) is 0 Å². The lowest BCUT2D eigenvalue weighted by Gasteiger charge is -2.14. The van der Waals surface area contributed by atoms with Gasteiger partial charge in [-0.25, -0.2) is 0 Å². The summed E-state index contributed by atoms with van der Waals surface area (Å²) in [6.45, 7) is 8.58. The molecule has 0 aliphatic carbocycles. The third-order valence-electron chi connectivity index (χ3n) is 3.65. The molecular weight excluding hydrogens is 314 g/mol. The molecule has 1 N–H and O–H groups in total. The quantitative estimate of drug-likeness (QED) is 0.880. The predicted octanol–water partition coefficient (Wildman–Crippen LogP) is 3.43. The van der Waals surface area contributed by atoms with Crippen molar-refractivity contribution in [1.82, 2.24) is 15.1 Å². The third-order valence-corrected chi connectivity index (χ3v) is 3.88. The van der Waals surface area contributed by atoms with E-state index in [2.05, 4.69) is 10.4 Å². The Morgan fingerprint density at radius 3 is 2.78 bits per heavy atom. The van der Waals surface area contributed by atoms with Gasteiger partial charge in [0, 0.05) is 23.3 Å². The molecule has 0 aliphatic rings. The zero-order valence-electron chi connectivity index (χ0n) is 13.9. The van der Waals surface area contributed by atoms with Gasteiger partial charge in [-0.1, -0.05) is 11.6 Å². The molecule has 0 bridgehead atoms. The van der Waals surface area contributed by atoms with Gasteiger partial charge in [0.25, 0.3) is 5.91 Å². The van der Waals surface area contributed by atoms with E-state index >= 15 is 0 Å². The molecule has 124 valence electrons. The number of nitrogens with one attached hydrogen (secondary N) is 1. The number of aryl methyl sites for hydroxylation is 3. The lowest BCUT2D eigenvalue weighted by atomic mass is 10.1. The fraction of sp³-hybridized carbons (Fsp3) is 0.412. The van der Waals surface area contributed by atoms with Crippen LogP contribution in [0.2, 0.25) is 5.02 Å². The zero-order chi connectivity index (χ0) is 17.0. The number of rotatable bonds is 6. The van der Waals surface area contributed by atoms with Gasteiger partial charge in [0.1, 0.15) is 5.75 Å². The van der Waals surface area contributed by atoms with E-state index in [1.54, 1.807) is 18.2 Å². The number of ether oxygens (including phenoxy) is 1. The topological polar surface area (TPSA) is 56.2 Å². The largest absolute Gasteiger partial charge is 0.484 e.